The number of anilines is 2. The van der Waals surface area contributed by atoms with Crippen molar-refractivity contribution in [1.29, 1.82) is 0 Å². The van der Waals surface area contributed by atoms with Crippen molar-refractivity contribution in [3.63, 3.8) is 0 Å². The summed E-state index contributed by atoms with van der Waals surface area (Å²) in [6.07, 6.45) is 2.65. The Labute approximate surface area is 212 Å². The number of carboxylic acid groups (broad SMARTS) is 1. The first-order valence-corrected chi connectivity index (χ1v) is 13.5. The van der Waals surface area contributed by atoms with Crippen molar-refractivity contribution in [3.05, 3.63) is 64.4 Å². The van der Waals surface area contributed by atoms with Crippen LogP contribution in [-0.4, -0.2) is 53.6 Å². The Hall–Kier alpha value is -2.89. The van der Waals surface area contributed by atoms with E-state index in [1.807, 2.05) is 35.2 Å². The van der Waals surface area contributed by atoms with Crippen molar-refractivity contribution >= 4 is 43.3 Å². The van der Waals surface area contributed by atoms with Crippen LogP contribution >= 0.6 is 15.9 Å². The van der Waals surface area contributed by atoms with Crippen molar-refractivity contribution in [3.8, 4) is 5.75 Å². The topological polar surface area (TPSA) is 116 Å². The molecule has 0 spiro atoms. The highest BCUT2D eigenvalue weighted by Gasteiger charge is 2.37. The molecule has 0 saturated carbocycles. The number of halogens is 1. The maximum Gasteiger partial charge on any atom is 0.356 e. The fraction of sp³-hybridized carbons (Fsp3) is 0.333. The summed E-state index contributed by atoms with van der Waals surface area (Å²) < 4.78 is 35.2. The lowest BCUT2D eigenvalue weighted by Crippen LogP contribution is -2.40. The number of sulfonamides is 1. The lowest BCUT2D eigenvalue weighted by Gasteiger charge is -2.29. The van der Waals surface area contributed by atoms with E-state index in [1.54, 1.807) is 19.2 Å². The van der Waals surface area contributed by atoms with E-state index in [0.717, 1.165) is 24.9 Å². The van der Waals surface area contributed by atoms with Crippen LogP contribution in [0, 0.1) is 0 Å². The number of carboxylic acids is 1. The van der Waals surface area contributed by atoms with E-state index in [1.165, 1.54) is 10.4 Å². The monoisotopic (exact) mass is 562 g/mol. The number of fused-ring (bicyclic) bond motifs is 1. The van der Waals surface area contributed by atoms with Crippen molar-refractivity contribution in [2.75, 3.05) is 18.5 Å². The third-order valence-electron chi connectivity index (χ3n) is 6.06. The average Bonchev–Trinajstić information content (AvgIpc) is 3.30. The number of para-hydroxylation sites is 1. The fourth-order valence-electron chi connectivity index (χ4n) is 4.09. The highest BCUT2D eigenvalue weighted by Crippen LogP contribution is 2.43. The number of aromatic amines is 1. The van der Waals surface area contributed by atoms with Crippen LogP contribution in [0.4, 0.5) is 11.4 Å². The molecule has 11 heteroatoms. The molecule has 1 aliphatic rings. The highest BCUT2D eigenvalue weighted by molar-refractivity contribution is 9.10. The summed E-state index contributed by atoms with van der Waals surface area (Å²) in [6.45, 7) is 2.62. The van der Waals surface area contributed by atoms with Gasteiger partial charge in [-0.3, -0.25) is 5.10 Å². The Morgan fingerprint density at radius 1 is 1.26 bits per heavy atom. The quantitative estimate of drug-likeness (QED) is 0.405. The van der Waals surface area contributed by atoms with Gasteiger partial charge in [-0.1, -0.05) is 38.0 Å². The maximum atomic E-state index is 13.7. The van der Waals surface area contributed by atoms with E-state index in [9.17, 15) is 13.2 Å². The maximum absolute atomic E-state index is 13.7. The zero-order valence-electron chi connectivity index (χ0n) is 19.4. The van der Waals surface area contributed by atoms with Gasteiger partial charge in [-0.2, -0.15) is 9.40 Å². The van der Waals surface area contributed by atoms with Crippen LogP contribution in [0.5, 0.6) is 5.75 Å². The predicted octanol–water partition coefficient (Wildman–Crippen LogP) is 4.78. The van der Waals surface area contributed by atoms with Gasteiger partial charge in [-0.05, 0) is 46.6 Å². The number of unbranched alkanes of at least 4 members (excludes halogenated alkanes) is 1. The van der Waals surface area contributed by atoms with Crippen LogP contribution in [0.3, 0.4) is 0 Å². The van der Waals surface area contributed by atoms with E-state index in [0.29, 0.717) is 28.1 Å². The van der Waals surface area contributed by atoms with Crippen LogP contribution in [-0.2, 0) is 16.6 Å². The predicted molar refractivity (Wildman–Crippen MR) is 136 cm³/mol. The van der Waals surface area contributed by atoms with E-state index in [-0.39, 0.29) is 23.2 Å². The summed E-state index contributed by atoms with van der Waals surface area (Å²) in [5, 5.41) is 15.5. The van der Waals surface area contributed by atoms with Crippen LogP contribution in [0.25, 0.3) is 0 Å². The summed E-state index contributed by atoms with van der Waals surface area (Å²) in [7, 11) is -2.12. The number of likely N-dealkylation sites (N-methyl/N-ethyl adjacent to an activating group) is 1. The molecule has 4 rings (SSSR count). The molecule has 9 nitrogen and oxygen atoms in total. The average molecular weight is 563 g/mol. The molecule has 0 unspecified atom stereocenters. The van der Waals surface area contributed by atoms with Gasteiger partial charge in [0.1, 0.15) is 17.3 Å². The second-order valence-corrected chi connectivity index (χ2v) is 11.2. The molecule has 0 radical (unpaired) electrons. The number of carbonyl (C=O) groups is 1. The Kier molecular flexibility index (Phi) is 7.48. The minimum atomic E-state index is -3.77. The molecule has 0 amide bonds. The summed E-state index contributed by atoms with van der Waals surface area (Å²) in [6, 6.07) is 14.2. The molecular formula is C24H27BrN4O5S. The molecule has 0 saturated heterocycles. The van der Waals surface area contributed by atoms with Gasteiger partial charge in [-0.25, -0.2) is 13.2 Å². The zero-order chi connectivity index (χ0) is 25.2. The second-order valence-electron chi connectivity index (χ2n) is 8.39. The molecule has 1 aromatic heterocycles. The van der Waals surface area contributed by atoms with Crippen molar-refractivity contribution in [2.45, 2.75) is 43.7 Å². The first-order chi connectivity index (χ1) is 16.7. The molecule has 1 aliphatic heterocycles. The Balaban J connectivity index is 1.76. The van der Waals surface area contributed by atoms with Crippen molar-refractivity contribution < 1.29 is 23.1 Å². The molecule has 35 heavy (non-hydrogen) atoms. The number of hydrogen-bond acceptors (Lipinski definition) is 6. The standard InChI is InChI=1S/C24H27BrN4O5S/c1-3-4-8-18-14-29(17-9-6-5-7-10-17)21-13-22(19(25)12-23(21)35(32,33)28(18)2)34-15-16-11-20(24(30)31)27-26-16/h5-7,9-13,18H,3-4,8,14-15H2,1-2H3,(H,26,27)(H,30,31)/t18-/m1/s1. The number of aromatic carboxylic acids is 1. The number of hydrogen-bond donors (Lipinski definition) is 2. The van der Waals surface area contributed by atoms with E-state index in [4.69, 9.17) is 9.84 Å². The smallest absolute Gasteiger partial charge is 0.356 e. The van der Waals surface area contributed by atoms with Gasteiger partial charge in [-0.15, -0.1) is 0 Å². The van der Waals surface area contributed by atoms with E-state index >= 15 is 0 Å². The Morgan fingerprint density at radius 2 is 2.00 bits per heavy atom. The lowest BCUT2D eigenvalue weighted by atomic mass is 10.1. The third-order valence-corrected chi connectivity index (χ3v) is 8.62. The van der Waals surface area contributed by atoms with Crippen LogP contribution in [0.1, 0.15) is 42.4 Å². The molecule has 2 aromatic carbocycles. The summed E-state index contributed by atoms with van der Waals surface area (Å²) in [5.74, 6) is -0.704. The van der Waals surface area contributed by atoms with Crippen molar-refractivity contribution in [2.24, 2.45) is 0 Å². The van der Waals surface area contributed by atoms with Gasteiger partial charge in [0.2, 0.25) is 10.0 Å². The molecule has 2 N–H and O–H groups in total. The van der Waals surface area contributed by atoms with E-state index in [2.05, 4.69) is 33.1 Å². The Morgan fingerprint density at radius 3 is 2.66 bits per heavy atom. The largest absolute Gasteiger partial charge is 0.486 e. The molecule has 2 heterocycles. The van der Waals surface area contributed by atoms with Gasteiger partial charge in [0.05, 0.1) is 15.9 Å². The fourth-order valence-corrected chi connectivity index (χ4v) is 6.28. The first kappa shape index (κ1) is 25.2. The minimum absolute atomic E-state index is 0.0365. The number of aromatic nitrogens is 2. The molecule has 186 valence electrons. The zero-order valence-corrected chi connectivity index (χ0v) is 21.8. The summed E-state index contributed by atoms with van der Waals surface area (Å²) >= 11 is 3.46. The van der Waals surface area contributed by atoms with Gasteiger partial charge >= 0.3 is 5.97 Å². The molecular weight excluding hydrogens is 536 g/mol. The molecule has 0 bridgehead atoms. The number of rotatable bonds is 8. The number of H-pyrrole nitrogens is 1. The second kappa shape index (κ2) is 10.4. The number of nitrogens with zero attached hydrogens (tertiary/aromatic N) is 3. The molecule has 0 fully saturated rings. The number of benzene rings is 2. The van der Waals surface area contributed by atoms with Gasteiger partial charge in [0, 0.05) is 31.4 Å². The summed E-state index contributed by atoms with van der Waals surface area (Å²) in [5.41, 5.74) is 1.79. The van der Waals surface area contributed by atoms with Gasteiger partial charge in [0.15, 0.2) is 5.69 Å². The van der Waals surface area contributed by atoms with Crippen molar-refractivity contribution in [1.82, 2.24) is 14.5 Å². The van der Waals surface area contributed by atoms with Crippen LogP contribution < -0.4 is 9.64 Å². The lowest BCUT2D eigenvalue weighted by molar-refractivity contribution is 0.0690. The summed E-state index contributed by atoms with van der Waals surface area (Å²) in [4.78, 5) is 13.3. The number of nitrogens with one attached hydrogen (secondary N) is 1. The van der Waals surface area contributed by atoms with Gasteiger partial charge in [0.25, 0.3) is 0 Å². The van der Waals surface area contributed by atoms with E-state index < -0.39 is 16.0 Å². The number of ether oxygens (including phenoxy) is 1. The highest BCUT2D eigenvalue weighted by atomic mass is 79.9. The SMILES string of the molecule is CCCC[C@@H]1CN(c2ccccc2)c2cc(OCc3cc(C(=O)O)n[nH]3)c(Br)cc2S(=O)(=O)N1C. The van der Waals surface area contributed by atoms with Crippen LogP contribution in [0.2, 0.25) is 0 Å². The first-order valence-electron chi connectivity index (χ1n) is 11.3. The molecule has 1 atom stereocenters. The third kappa shape index (κ3) is 5.21. The van der Waals surface area contributed by atoms with Gasteiger partial charge < -0.3 is 14.7 Å². The molecule has 0 aliphatic carbocycles. The molecule has 3 aromatic rings. The van der Waals surface area contributed by atoms with Crippen LogP contribution in [0.15, 0.2) is 57.9 Å². The Bertz CT molecular complexity index is 1310. The normalized spacial score (nSPS) is 17.6. The minimum Gasteiger partial charge on any atom is -0.486 e.